The van der Waals surface area contributed by atoms with Gasteiger partial charge in [0.25, 0.3) is 5.91 Å². The van der Waals surface area contributed by atoms with E-state index in [-0.39, 0.29) is 27.9 Å². The number of ether oxygens (including phenoxy) is 1. The van der Waals surface area contributed by atoms with E-state index in [1.807, 2.05) is 5.43 Å². The Kier molecular flexibility index (Phi) is 12.6. The van der Waals surface area contributed by atoms with E-state index in [4.69, 9.17) is 4.74 Å². The molecule has 0 radical (unpaired) electrons. The average molecular weight is 680 g/mol. The second-order valence-electron chi connectivity index (χ2n) is 10.2. The monoisotopic (exact) mass is 679 g/mol. The zero-order valence-corrected chi connectivity index (χ0v) is 26.2. The minimum atomic E-state index is -5.05. The smallest absolute Gasteiger partial charge is 0.443 e. The summed E-state index contributed by atoms with van der Waals surface area (Å²) in [6.07, 6.45) is -0.957. The molecule has 8 N–H and O–H groups in total. The van der Waals surface area contributed by atoms with Crippen molar-refractivity contribution in [2.75, 3.05) is 13.1 Å². The second kappa shape index (κ2) is 15.7. The van der Waals surface area contributed by atoms with Crippen LogP contribution in [0.3, 0.4) is 0 Å². The van der Waals surface area contributed by atoms with E-state index in [1.54, 1.807) is 20.8 Å². The van der Waals surface area contributed by atoms with Crippen LogP contribution in [0.2, 0.25) is 0 Å². The summed E-state index contributed by atoms with van der Waals surface area (Å²) in [5.41, 5.74) is 4.04. The normalized spacial score (nSPS) is 12.1. The Labute approximate surface area is 254 Å². The molecule has 2 rings (SSSR count). The molecule has 1 atom stereocenters. The van der Waals surface area contributed by atoms with Gasteiger partial charge in [-0.15, -0.1) is 0 Å². The van der Waals surface area contributed by atoms with Gasteiger partial charge in [0.15, 0.2) is 0 Å². The van der Waals surface area contributed by atoms with Crippen molar-refractivity contribution in [3.8, 4) is 5.75 Å². The number of rotatable bonds is 11. The number of phenolic OH excluding ortho intramolecular Hbond substituents is 1. The molecule has 0 heterocycles. The number of phenols is 1. The van der Waals surface area contributed by atoms with E-state index in [1.165, 1.54) is 49.4 Å². The van der Waals surface area contributed by atoms with Crippen LogP contribution in [0.4, 0.5) is 16.2 Å². The summed E-state index contributed by atoms with van der Waals surface area (Å²) in [7, 11) is 0. The summed E-state index contributed by atoms with van der Waals surface area (Å²) >= 11 is -5.05. The van der Waals surface area contributed by atoms with Crippen LogP contribution in [-0.4, -0.2) is 81.9 Å². The minimum Gasteiger partial charge on any atom is -0.443 e. The Morgan fingerprint density at radius 1 is 0.909 bits per heavy atom. The van der Waals surface area contributed by atoms with Crippen molar-refractivity contribution in [1.82, 2.24) is 26.8 Å². The maximum absolute atomic E-state index is 12.8. The van der Waals surface area contributed by atoms with Crippen LogP contribution >= 0.6 is 0 Å². The van der Waals surface area contributed by atoms with E-state index in [0.29, 0.717) is 5.56 Å². The molecule has 0 saturated heterocycles. The molecule has 0 aromatic heterocycles. The summed E-state index contributed by atoms with van der Waals surface area (Å²) < 4.78 is 34.7. The van der Waals surface area contributed by atoms with Crippen LogP contribution in [-0.2, 0) is 34.1 Å². The molecule has 238 valence electrons. The van der Waals surface area contributed by atoms with E-state index < -0.39 is 68.6 Å². The molecular weight excluding hydrogens is 645 g/mol. The first-order valence-corrected chi connectivity index (χ1v) is 16.3. The number of nitrogens with one attached hydrogen (secondary N) is 5. The van der Waals surface area contributed by atoms with Crippen LogP contribution in [0.5, 0.6) is 5.75 Å². The van der Waals surface area contributed by atoms with E-state index >= 15 is 0 Å². The summed E-state index contributed by atoms with van der Waals surface area (Å²) in [5, 5.41) is 25.2. The number of azo groups is 1. The molecule has 2 aromatic carbocycles. The van der Waals surface area contributed by atoms with Crippen molar-refractivity contribution in [3.63, 3.8) is 0 Å². The number of benzene rings is 2. The third kappa shape index (κ3) is 13.1. The Bertz CT molecular complexity index is 1450. The van der Waals surface area contributed by atoms with Gasteiger partial charge in [-0.1, -0.05) is 0 Å². The van der Waals surface area contributed by atoms with E-state index in [0.717, 1.165) is 0 Å². The molecule has 17 nitrogen and oxygen atoms in total. The molecule has 0 unspecified atom stereocenters. The zero-order chi connectivity index (χ0) is 33.1. The standard InChI is InChI=1S/C26H34AsN7O10/c1-15(35)30-20(24(39)29-13-22(37)28-14-23(38)33-34-25(40)44-26(2,3)4)12-16-5-10-21(36)19(11-16)32-31-18-8-6-17(7-9-18)27(41,42)43/h5-11,20,36H,12-14H2,1-4H3,(H,28,37)(H,29,39)(H,30,35)(H,33,38)(H,34,40)(H2,41,42,43)/t20-/m0/s1. The van der Waals surface area contributed by atoms with Crippen LogP contribution in [0.25, 0.3) is 0 Å². The van der Waals surface area contributed by atoms with Crippen molar-refractivity contribution in [2.24, 2.45) is 10.2 Å². The molecule has 0 aliphatic heterocycles. The molecule has 44 heavy (non-hydrogen) atoms. The first-order valence-electron chi connectivity index (χ1n) is 12.9. The summed E-state index contributed by atoms with van der Waals surface area (Å²) in [5.74, 6) is -2.97. The van der Waals surface area contributed by atoms with Gasteiger partial charge in [-0.05, 0) is 20.8 Å². The van der Waals surface area contributed by atoms with Crippen LogP contribution in [0, 0.1) is 0 Å². The third-order valence-corrected chi connectivity index (χ3v) is 7.24. The fourth-order valence-corrected chi connectivity index (χ4v) is 4.42. The number of carbonyl (C=O) groups is 5. The van der Waals surface area contributed by atoms with Crippen molar-refractivity contribution in [3.05, 3.63) is 48.0 Å². The molecule has 0 saturated carbocycles. The van der Waals surface area contributed by atoms with Gasteiger partial charge in [0.2, 0.25) is 11.8 Å². The second-order valence-corrected chi connectivity index (χ2v) is 13.6. The number of hydrogen-bond acceptors (Lipinski definition) is 10. The predicted molar refractivity (Wildman–Crippen MR) is 154 cm³/mol. The van der Waals surface area contributed by atoms with Crippen LogP contribution in [0.15, 0.2) is 52.7 Å². The van der Waals surface area contributed by atoms with Gasteiger partial charge < -0.3 is 15.4 Å². The average Bonchev–Trinajstić information content (AvgIpc) is 2.92. The summed E-state index contributed by atoms with van der Waals surface area (Å²) in [4.78, 5) is 60.0. The number of nitrogens with zero attached hydrogens (tertiary/aromatic N) is 2. The van der Waals surface area contributed by atoms with Gasteiger partial charge >= 0.3 is 141 Å². The van der Waals surface area contributed by atoms with Gasteiger partial charge in [0.05, 0.1) is 13.1 Å². The summed E-state index contributed by atoms with van der Waals surface area (Å²) in [6, 6.07) is 8.23. The number of hydrogen-bond donors (Lipinski definition) is 8. The molecular formula is C26H34AsN7O10. The van der Waals surface area contributed by atoms with Gasteiger partial charge in [0.1, 0.15) is 5.60 Å². The number of hydrazine groups is 1. The Balaban J connectivity index is 1.96. The van der Waals surface area contributed by atoms with Gasteiger partial charge in [0, 0.05) is 6.92 Å². The SMILES string of the molecule is CC(=O)N[C@@H](Cc1ccc(O)c(N=Nc2ccc([As](=O)(O)O)cc2)c1)C(=O)NCC(=O)NCC(=O)NNC(=O)OC(C)(C)C. The van der Waals surface area contributed by atoms with Crippen molar-refractivity contribution in [1.29, 1.82) is 0 Å². The van der Waals surface area contributed by atoms with E-state index in [2.05, 4.69) is 31.6 Å². The van der Waals surface area contributed by atoms with Crippen LogP contribution in [0.1, 0.15) is 33.3 Å². The van der Waals surface area contributed by atoms with Crippen molar-refractivity contribution < 1.29 is 45.7 Å². The fraction of sp³-hybridized carbons (Fsp3) is 0.346. The zero-order valence-electron chi connectivity index (χ0n) is 24.3. The molecule has 2 aromatic rings. The molecule has 5 amide bonds. The molecule has 0 bridgehead atoms. The number of aromatic hydroxyl groups is 1. The Morgan fingerprint density at radius 3 is 2.14 bits per heavy atom. The Morgan fingerprint density at radius 2 is 1.55 bits per heavy atom. The molecule has 0 aliphatic carbocycles. The van der Waals surface area contributed by atoms with Gasteiger partial charge in [-0.3, -0.25) is 24.6 Å². The molecule has 18 heteroatoms. The van der Waals surface area contributed by atoms with E-state index in [9.17, 15) is 41.0 Å². The topological polar surface area (TPSA) is 257 Å². The van der Waals surface area contributed by atoms with Crippen molar-refractivity contribution >= 4 is 59.6 Å². The van der Waals surface area contributed by atoms with Crippen molar-refractivity contribution in [2.45, 2.75) is 45.8 Å². The predicted octanol–water partition coefficient (Wildman–Crippen LogP) is -0.796. The first-order chi connectivity index (χ1) is 20.4. The maximum atomic E-state index is 12.8. The first kappa shape index (κ1) is 35.5. The fourth-order valence-electron chi connectivity index (χ4n) is 3.29. The Hall–Kier alpha value is -4.73. The third-order valence-electron chi connectivity index (χ3n) is 5.21. The van der Waals surface area contributed by atoms with Crippen LogP contribution < -0.4 is 31.2 Å². The molecule has 0 aliphatic rings. The minimum absolute atomic E-state index is 0.0199. The summed E-state index contributed by atoms with van der Waals surface area (Å²) in [6.45, 7) is 5.07. The van der Waals surface area contributed by atoms with Gasteiger partial charge in [-0.2, -0.15) is 0 Å². The van der Waals surface area contributed by atoms with Gasteiger partial charge in [-0.25, -0.2) is 10.2 Å². The molecule has 0 fully saturated rings. The number of carbonyl (C=O) groups excluding carboxylic acids is 5. The quantitative estimate of drug-likeness (QED) is 0.0834. The number of amides is 5. The molecule has 0 spiro atoms.